The van der Waals surface area contributed by atoms with Crippen LogP contribution in [0.15, 0.2) is 12.2 Å². The lowest BCUT2D eigenvalue weighted by Crippen LogP contribution is -2.09. The topological polar surface area (TPSA) is 63.6 Å². The van der Waals surface area contributed by atoms with E-state index >= 15 is 0 Å². The minimum atomic E-state index is -1.15. The predicted octanol–water partition coefficient (Wildman–Crippen LogP) is 0.190. The molecule has 0 aromatic carbocycles. The Hall–Kier alpha value is -1.32. The third kappa shape index (κ3) is 3.65. The highest BCUT2D eigenvalue weighted by molar-refractivity contribution is 5.86. The van der Waals surface area contributed by atoms with Crippen molar-refractivity contribution >= 4 is 11.9 Å². The van der Waals surface area contributed by atoms with Gasteiger partial charge in [0, 0.05) is 6.92 Å². The molecule has 0 aromatic rings. The molecule has 0 fully saturated rings. The average molecular weight is 144 g/mol. The molecule has 1 N–H and O–H groups in total. The SMILES string of the molecule is C=C(COC(C)=O)C(=O)O. The molecule has 56 valence electrons. The second-order valence-corrected chi connectivity index (χ2v) is 1.69. The Morgan fingerprint density at radius 2 is 2.10 bits per heavy atom. The van der Waals surface area contributed by atoms with Gasteiger partial charge in [-0.25, -0.2) is 4.79 Å². The molecule has 10 heavy (non-hydrogen) atoms. The zero-order chi connectivity index (χ0) is 8.15. The number of esters is 1. The highest BCUT2D eigenvalue weighted by Crippen LogP contribution is 1.90. The van der Waals surface area contributed by atoms with E-state index in [4.69, 9.17) is 5.11 Å². The van der Waals surface area contributed by atoms with Gasteiger partial charge < -0.3 is 9.84 Å². The van der Waals surface area contributed by atoms with Crippen molar-refractivity contribution in [3.05, 3.63) is 12.2 Å². The summed E-state index contributed by atoms with van der Waals surface area (Å²) >= 11 is 0. The first-order valence-electron chi connectivity index (χ1n) is 2.58. The fourth-order valence-electron chi connectivity index (χ4n) is 0.250. The first-order valence-corrected chi connectivity index (χ1v) is 2.58. The molecule has 0 radical (unpaired) electrons. The smallest absolute Gasteiger partial charge is 0.334 e. The molecule has 0 unspecified atom stereocenters. The first-order chi connectivity index (χ1) is 4.54. The average Bonchev–Trinajstić information content (AvgIpc) is 1.82. The largest absolute Gasteiger partial charge is 0.478 e. The molecular formula is C6H8O4. The van der Waals surface area contributed by atoms with Crippen LogP contribution in [0.4, 0.5) is 0 Å². The Bertz CT molecular complexity index is 171. The van der Waals surface area contributed by atoms with E-state index in [1.807, 2.05) is 0 Å². The maximum atomic E-state index is 10.1. The fourth-order valence-corrected chi connectivity index (χ4v) is 0.250. The number of carbonyl (C=O) groups is 2. The maximum Gasteiger partial charge on any atom is 0.334 e. The summed E-state index contributed by atoms with van der Waals surface area (Å²) < 4.78 is 4.35. The number of carboxylic acids is 1. The normalized spacial score (nSPS) is 8.50. The van der Waals surface area contributed by atoms with E-state index in [1.165, 1.54) is 6.92 Å². The molecule has 0 amide bonds. The van der Waals surface area contributed by atoms with E-state index in [-0.39, 0.29) is 12.2 Å². The number of rotatable bonds is 3. The molecule has 0 aliphatic rings. The van der Waals surface area contributed by atoms with Gasteiger partial charge in [-0.05, 0) is 0 Å². The molecule has 0 spiro atoms. The van der Waals surface area contributed by atoms with Crippen molar-refractivity contribution in [1.29, 1.82) is 0 Å². The third-order valence-corrected chi connectivity index (χ3v) is 0.752. The fraction of sp³-hybridized carbons (Fsp3) is 0.333. The second kappa shape index (κ2) is 3.66. The molecule has 4 nitrogen and oxygen atoms in total. The summed E-state index contributed by atoms with van der Waals surface area (Å²) in [7, 11) is 0. The van der Waals surface area contributed by atoms with Crippen LogP contribution in [0.25, 0.3) is 0 Å². The minimum Gasteiger partial charge on any atom is -0.478 e. The van der Waals surface area contributed by atoms with Crippen LogP contribution in [0, 0.1) is 0 Å². The summed E-state index contributed by atoms with van der Waals surface area (Å²) in [5.74, 6) is -1.66. The van der Waals surface area contributed by atoms with Crippen molar-refractivity contribution in [3.63, 3.8) is 0 Å². The molecule has 0 saturated heterocycles. The van der Waals surface area contributed by atoms with Gasteiger partial charge in [0.05, 0.1) is 5.57 Å². The molecule has 0 bridgehead atoms. The van der Waals surface area contributed by atoms with Crippen LogP contribution in [0.1, 0.15) is 6.92 Å². The summed E-state index contributed by atoms with van der Waals surface area (Å²) in [6, 6.07) is 0. The molecule has 0 aromatic heterocycles. The third-order valence-electron chi connectivity index (χ3n) is 0.752. The van der Waals surface area contributed by atoms with Crippen molar-refractivity contribution in [2.45, 2.75) is 6.92 Å². The van der Waals surface area contributed by atoms with E-state index < -0.39 is 11.9 Å². The lowest BCUT2D eigenvalue weighted by molar-refractivity contribution is -0.141. The molecule has 0 aliphatic carbocycles. The zero-order valence-corrected chi connectivity index (χ0v) is 5.59. The molecular weight excluding hydrogens is 136 g/mol. The zero-order valence-electron chi connectivity index (χ0n) is 5.59. The maximum absolute atomic E-state index is 10.1. The van der Waals surface area contributed by atoms with Crippen LogP contribution in [-0.2, 0) is 14.3 Å². The van der Waals surface area contributed by atoms with Crippen LogP contribution < -0.4 is 0 Å². The Morgan fingerprint density at radius 3 is 2.40 bits per heavy atom. The van der Waals surface area contributed by atoms with Gasteiger partial charge in [0.25, 0.3) is 0 Å². The number of carboxylic acid groups (broad SMARTS) is 1. The van der Waals surface area contributed by atoms with Gasteiger partial charge in [0.15, 0.2) is 0 Å². The molecule has 0 aliphatic heterocycles. The van der Waals surface area contributed by atoms with E-state index in [0.29, 0.717) is 0 Å². The van der Waals surface area contributed by atoms with Gasteiger partial charge in [-0.15, -0.1) is 0 Å². The molecule has 4 heteroatoms. The van der Waals surface area contributed by atoms with E-state index in [0.717, 1.165) is 0 Å². The summed E-state index contributed by atoms with van der Waals surface area (Å²) in [4.78, 5) is 20.1. The summed E-state index contributed by atoms with van der Waals surface area (Å²) in [6.07, 6.45) is 0. The molecule has 0 rings (SSSR count). The van der Waals surface area contributed by atoms with Crippen LogP contribution >= 0.6 is 0 Å². The number of hydrogen-bond acceptors (Lipinski definition) is 3. The Kier molecular flexibility index (Phi) is 3.17. The van der Waals surface area contributed by atoms with Gasteiger partial charge >= 0.3 is 11.9 Å². The van der Waals surface area contributed by atoms with Gasteiger partial charge in [0.1, 0.15) is 6.61 Å². The molecule has 0 atom stereocenters. The van der Waals surface area contributed by atoms with Gasteiger partial charge in [-0.3, -0.25) is 4.79 Å². The number of hydrogen-bond donors (Lipinski definition) is 1. The van der Waals surface area contributed by atoms with Crippen molar-refractivity contribution in [1.82, 2.24) is 0 Å². The summed E-state index contributed by atoms with van der Waals surface area (Å²) in [6.45, 7) is 4.11. The monoisotopic (exact) mass is 144 g/mol. The second-order valence-electron chi connectivity index (χ2n) is 1.69. The van der Waals surface area contributed by atoms with Gasteiger partial charge in [-0.2, -0.15) is 0 Å². The minimum absolute atomic E-state index is 0.129. The van der Waals surface area contributed by atoms with Crippen LogP contribution in [0.3, 0.4) is 0 Å². The van der Waals surface area contributed by atoms with Crippen LogP contribution in [0.5, 0.6) is 0 Å². The standard InChI is InChI=1S/C6H8O4/c1-4(6(8)9)3-10-5(2)7/h1,3H2,2H3,(H,8,9). The van der Waals surface area contributed by atoms with Crippen molar-refractivity contribution in [2.75, 3.05) is 6.61 Å². The Balaban J connectivity index is 3.60. The Labute approximate surface area is 58.1 Å². The summed E-state index contributed by atoms with van der Waals surface area (Å²) in [5, 5.41) is 8.20. The van der Waals surface area contributed by atoms with Crippen LogP contribution in [-0.4, -0.2) is 23.7 Å². The lowest BCUT2D eigenvalue weighted by atomic mass is 10.3. The lowest BCUT2D eigenvalue weighted by Gasteiger charge is -1.98. The predicted molar refractivity (Wildman–Crippen MR) is 33.4 cm³/mol. The van der Waals surface area contributed by atoms with Crippen molar-refractivity contribution in [2.24, 2.45) is 0 Å². The van der Waals surface area contributed by atoms with E-state index in [9.17, 15) is 9.59 Å². The molecule has 0 heterocycles. The van der Waals surface area contributed by atoms with Crippen molar-refractivity contribution in [3.8, 4) is 0 Å². The van der Waals surface area contributed by atoms with E-state index in [1.54, 1.807) is 0 Å². The highest BCUT2D eigenvalue weighted by atomic mass is 16.5. The number of carbonyl (C=O) groups excluding carboxylic acids is 1. The molecule has 0 saturated carbocycles. The summed E-state index contributed by atoms with van der Waals surface area (Å²) in [5.41, 5.74) is -0.129. The number of ether oxygens (including phenoxy) is 1. The quantitative estimate of drug-likeness (QED) is 0.453. The first kappa shape index (κ1) is 8.68. The van der Waals surface area contributed by atoms with Crippen molar-refractivity contribution < 1.29 is 19.4 Å². The Morgan fingerprint density at radius 1 is 1.60 bits per heavy atom. The van der Waals surface area contributed by atoms with Gasteiger partial charge in [-0.1, -0.05) is 6.58 Å². The van der Waals surface area contributed by atoms with Gasteiger partial charge in [0.2, 0.25) is 0 Å². The van der Waals surface area contributed by atoms with E-state index in [2.05, 4.69) is 11.3 Å². The van der Waals surface area contributed by atoms with Crippen LogP contribution in [0.2, 0.25) is 0 Å². The number of aliphatic carboxylic acids is 1. The highest BCUT2D eigenvalue weighted by Gasteiger charge is 2.04.